The lowest BCUT2D eigenvalue weighted by Gasteiger charge is -2.20. The zero-order valence-corrected chi connectivity index (χ0v) is 18.2. The van der Waals surface area contributed by atoms with Gasteiger partial charge in [-0.25, -0.2) is 13.2 Å². The third-order valence-corrected chi connectivity index (χ3v) is 6.68. The summed E-state index contributed by atoms with van der Waals surface area (Å²) in [5, 5.41) is 0. The van der Waals surface area contributed by atoms with E-state index in [0.29, 0.717) is 18.8 Å². The van der Waals surface area contributed by atoms with Crippen LogP contribution in [-0.2, 0) is 19.6 Å². The van der Waals surface area contributed by atoms with Crippen LogP contribution in [0.15, 0.2) is 47.4 Å². The molecule has 2 aromatic carbocycles. The lowest BCUT2D eigenvalue weighted by Crippen LogP contribution is -2.38. The summed E-state index contributed by atoms with van der Waals surface area (Å²) in [6.45, 7) is 6.66. The molecule has 1 aliphatic heterocycles. The molecule has 0 unspecified atom stereocenters. The highest BCUT2D eigenvalue weighted by Gasteiger charge is 2.26. The maximum absolute atomic E-state index is 12.7. The molecule has 2 aromatic rings. The molecule has 0 radical (unpaired) electrons. The number of nitrogens with zero attached hydrogens (tertiary/aromatic N) is 1. The second-order valence-corrected chi connectivity index (χ2v) is 9.14. The maximum atomic E-state index is 12.7. The molecule has 0 saturated carbocycles. The number of likely N-dealkylation sites (tertiary alicyclic amines) is 1. The number of ether oxygens (including phenoxy) is 1. The predicted octanol–water partition coefficient (Wildman–Crippen LogP) is 3.27. The zero-order chi connectivity index (χ0) is 21.9. The molecule has 1 aliphatic rings. The minimum Gasteiger partial charge on any atom is -0.449 e. The minimum atomic E-state index is -3.81. The molecule has 30 heavy (non-hydrogen) atoms. The van der Waals surface area contributed by atoms with E-state index < -0.39 is 22.1 Å². The van der Waals surface area contributed by atoms with E-state index in [4.69, 9.17) is 4.74 Å². The number of sulfonamides is 1. The van der Waals surface area contributed by atoms with E-state index in [-0.39, 0.29) is 16.4 Å². The van der Waals surface area contributed by atoms with Crippen molar-refractivity contribution in [1.29, 1.82) is 0 Å². The van der Waals surface area contributed by atoms with Crippen LogP contribution in [0.2, 0.25) is 0 Å². The largest absolute Gasteiger partial charge is 0.449 e. The van der Waals surface area contributed by atoms with Gasteiger partial charge < -0.3 is 9.64 Å². The van der Waals surface area contributed by atoms with Crippen LogP contribution in [0.4, 0.5) is 5.69 Å². The Morgan fingerprint density at radius 3 is 2.30 bits per heavy atom. The Labute approximate surface area is 177 Å². The molecular weight excluding hydrogens is 404 g/mol. The van der Waals surface area contributed by atoms with Crippen molar-refractivity contribution >= 4 is 27.6 Å². The monoisotopic (exact) mass is 430 g/mol. The molecule has 160 valence electrons. The Morgan fingerprint density at radius 1 is 1.03 bits per heavy atom. The molecule has 8 heteroatoms. The molecule has 1 atom stereocenters. The minimum absolute atomic E-state index is 0.0288. The van der Waals surface area contributed by atoms with Gasteiger partial charge >= 0.3 is 5.97 Å². The van der Waals surface area contributed by atoms with E-state index >= 15 is 0 Å². The van der Waals surface area contributed by atoms with Crippen molar-refractivity contribution in [2.24, 2.45) is 0 Å². The molecule has 0 aliphatic carbocycles. The van der Waals surface area contributed by atoms with E-state index in [1.165, 1.54) is 24.3 Å². The highest BCUT2D eigenvalue weighted by atomic mass is 32.2. The first kappa shape index (κ1) is 21.8. The van der Waals surface area contributed by atoms with Crippen LogP contribution in [0.1, 0.15) is 41.3 Å². The fourth-order valence-electron chi connectivity index (χ4n) is 3.31. The number of hydrogen-bond donors (Lipinski definition) is 1. The molecule has 0 aromatic heterocycles. The molecule has 1 heterocycles. The Hall–Kier alpha value is -2.87. The van der Waals surface area contributed by atoms with Gasteiger partial charge in [0, 0.05) is 13.1 Å². The van der Waals surface area contributed by atoms with E-state index in [1.54, 1.807) is 24.0 Å². The summed E-state index contributed by atoms with van der Waals surface area (Å²) in [4.78, 5) is 26.4. The van der Waals surface area contributed by atoms with Crippen LogP contribution in [0, 0.1) is 13.8 Å². The first-order valence-corrected chi connectivity index (χ1v) is 11.4. The zero-order valence-electron chi connectivity index (χ0n) is 17.3. The number of benzene rings is 2. The third kappa shape index (κ3) is 4.81. The molecule has 7 nitrogen and oxygen atoms in total. The van der Waals surface area contributed by atoms with Crippen molar-refractivity contribution in [3.8, 4) is 0 Å². The lowest BCUT2D eigenvalue weighted by molar-refractivity contribution is -0.138. The quantitative estimate of drug-likeness (QED) is 0.710. The van der Waals surface area contributed by atoms with Gasteiger partial charge in [0.1, 0.15) is 0 Å². The normalized spacial score (nSPS) is 15.0. The Bertz CT molecular complexity index is 1040. The van der Waals surface area contributed by atoms with Gasteiger partial charge in [-0.1, -0.05) is 12.1 Å². The lowest BCUT2D eigenvalue weighted by atomic mass is 10.1. The number of rotatable bonds is 6. The van der Waals surface area contributed by atoms with Crippen LogP contribution < -0.4 is 4.72 Å². The van der Waals surface area contributed by atoms with Gasteiger partial charge in [0.05, 0.1) is 16.1 Å². The van der Waals surface area contributed by atoms with Gasteiger partial charge in [0.2, 0.25) is 0 Å². The molecule has 1 amide bonds. The van der Waals surface area contributed by atoms with Gasteiger partial charge in [-0.05, 0) is 75.1 Å². The van der Waals surface area contributed by atoms with Gasteiger partial charge in [-0.2, -0.15) is 0 Å². The average molecular weight is 431 g/mol. The van der Waals surface area contributed by atoms with Crippen LogP contribution in [0.5, 0.6) is 0 Å². The number of nitrogens with one attached hydrogen (secondary N) is 1. The summed E-state index contributed by atoms with van der Waals surface area (Å²) in [7, 11) is -3.81. The fourth-order valence-corrected chi connectivity index (χ4v) is 4.43. The number of carbonyl (C=O) groups is 2. The van der Waals surface area contributed by atoms with E-state index in [9.17, 15) is 18.0 Å². The average Bonchev–Trinajstić information content (AvgIpc) is 3.25. The van der Waals surface area contributed by atoms with Crippen molar-refractivity contribution in [2.45, 2.75) is 44.6 Å². The predicted molar refractivity (Wildman–Crippen MR) is 114 cm³/mol. The van der Waals surface area contributed by atoms with Gasteiger partial charge in [-0.3, -0.25) is 9.52 Å². The smallest absolute Gasteiger partial charge is 0.338 e. The van der Waals surface area contributed by atoms with E-state index in [1.807, 2.05) is 19.9 Å². The van der Waals surface area contributed by atoms with Crippen LogP contribution in [0.3, 0.4) is 0 Å². The van der Waals surface area contributed by atoms with Crippen LogP contribution in [0.25, 0.3) is 0 Å². The molecule has 3 rings (SSSR count). The molecule has 1 saturated heterocycles. The molecular formula is C22H26N2O5S. The first-order chi connectivity index (χ1) is 14.2. The Kier molecular flexibility index (Phi) is 6.45. The third-order valence-electron chi connectivity index (χ3n) is 5.30. The summed E-state index contributed by atoms with van der Waals surface area (Å²) in [6.07, 6.45) is 1.03. The highest BCUT2D eigenvalue weighted by Crippen LogP contribution is 2.22. The number of esters is 1. The van der Waals surface area contributed by atoms with Crippen molar-refractivity contribution in [1.82, 2.24) is 4.90 Å². The summed E-state index contributed by atoms with van der Waals surface area (Å²) >= 11 is 0. The first-order valence-electron chi connectivity index (χ1n) is 9.88. The number of amides is 1. The number of hydrogen-bond acceptors (Lipinski definition) is 5. The van der Waals surface area contributed by atoms with Crippen molar-refractivity contribution < 1.29 is 22.7 Å². The van der Waals surface area contributed by atoms with E-state index in [0.717, 1.165) is 24.0 Å². The standard InChI is InChI=1S/C22H26N2O5S/c1-15-7-6-8-20(16(15)2)23-30(27,28)19-11-9-18(10-12-19)22(26)29-17(3)21(25)24-13-4-5-14-24/h6-12,17,23H,4-5,13-14H2,1-3H3/t17-/m0/s1. The fraction of sp³-hybridized carbons (Fsp3) is 0.364. The number of anilines is 1. The summed E-state index contributed by atoms with van der Waals surface area (Å²) in [6, 6.07) is 10.8. The topological polar surface area (TPSA) is 92.8 Å². The summed E-state index contributed by atoms with van der Waals surface area (Å²) in [5.41, 5.74) is 2.51. The SMILES string of the molecule is Cc1cccc(NS(=O)(=O)c2ccc(C(=O)O[C@@H](C)C(=O)N3CCCC3)cc2)c1C. The van der Waals surface area contributed by atoms with Crippen molar-refractivity contribution in [2.75, 3.05) is 17.8 Å². The van der Waals surface area contributed by atoms with Gasteiger partial charge in [0.25, 0.3) is 15.9 Å². The van der Waals surface area contributed by atoms with Crippen molar-refractivity contribution in [3.63, 3.8) is 0 Å². The Morgan fingerprint density at radius 2 is 1.67 bits per heavy atom. The van der Waals surface area contributed by atoms with Gasteiger partial charge in [-0.15, -0.1) is 0 Å². The van der Waals surface area contributed by atoms with Crippen LogP contribution in [-0.4, -0.2) is 44.4 Å². The second-order valence-electron chi connectivity index (χ2n) is 7.46. The molecule has 0 spiro atoms. The second kappa shape index (κ2) is 8.87. The number of aryl methyl sites for hydroxylation is 1. The van der Waals surface area contributed by atoms with E-state index in [2.05, 4.69) is 4.72 Å². The molecule has 0 bridgehead atoms. The summed E-state index contributed by atoms with van der Waals surface area (Å²) < 4.78 is 33.2. The highest BCUT2D eigenvalue weighted by molar-refractivity contribution is 7.92. The molecule has 1 N–H and O–H groups in total. The maximum Gasteiger partial charge on any atom is 0.338 e. The molecule has 1 fully saturated rings. The van der Waals surface area contributed by atoms with Gasteiger partial charge in [0.15, 0.2) is 6.10 Å². The Balaban J connectivity index is 1.68. The number of carbonyl (C=O) groups excluding carboxylic acids is 2. The van der Waals surface area contributed by atoms with Crippen LogP contribution >= 0.6 is 0 Å². The van der Waals surface area contributed by atoms with Crippen molar-refractivity contribution in [3.05, 3.63) is 59.2 Å². The summed E-state index contributed by atoms with van der Waals surface area (Å²) in [5.74, 6) is -0.876.